The van der Waals surface area contributed by atoms with Gasteiger partial charge in [0.1, 0.15) is 6.10 Å². The molecule has 2 fully saturated rings. The average molecular weight is 492 g/mol. The zero-order chi connectivity index (χ0) is 25.1. The van der Waals surface area contributed by atoms with Gasteiger partial charge < -0.3 is 20.7 Å². The van der Waals surface area contributed by atoms with Crippen LogP contribution >= 0.6 is 0 Å². The Kier molecular flexibility index (Phi) is 7.09. The molecule has 2 amide bonds. The van der Waals surface area contributed by atoms with Crippen LogP contribution in [0.5, 0.6) is 0 Å². The second-order valence-corrected chi connectivity index (χ2v) is 9.80. The molecule has 2 aromatic carbocycles. The molecule has 9 nitrogen and oxygen atoms in total. The third-order valence-electron chi connectivity index (χ3n) is 7.28. The van der Waals surface area contributed by atoms with Crippen LogP contribution in [0.4, 0.5) is 9.59 Å². The first-order chi connectivity index (χ1) is 17.5. The van der Waals surface area contributed by atoms with Crippen molar-refractivity contribution in [2.24, 2.45) is 11.7 Å². The van der Waals surface area contributed by atoms with Crippen LogP contribution in [0.25, 0.3) is 11.0 Å². The Balaban J connectivity index is 1.13. The quantitative estimate of drug-likeness (QED) is 0.500. The van der Waals surface area contributed by atoms with Gasteiger partial charge in [0.2, 0.25) is 0 Å². The monoisotopic (exact) mass is 491 g/mol. The second-order valence-electron chi connectivity index (χ2n) is 9.80. The third-order valence-corrected chi connectivity index (χ3v) is 7.28. The fourth-order valence-corrected chi connectivity index (χ4v) is 5.18. The summed E-state index contributed by atoms with van der Waals surface area (Å²) in [5, 5.41) is 3.00. The number of nitrogens with two attached hydrogens (primary N) is 1. The molecule has 190 valence electrons. The molecule has 0 radical (unpaired) electrons. The molecular weight excluding hydrogens is 458 g/mol. The number of nitrogens with zero attached hydrogens (tertiary/aromatic N) is 3. The molecule has 1 saturated carbocycles. The smallest absolute Gasteiger partial charge is 0.405 e. The van der Waals surface area contributed by atoms with Crippen LogP contribution in [-0.4, -0.2) is 52.3 Å². The van der Waals surface area contributed by atoms with Gasteiger partial charge in [-0.1, -0.05) is 42.5 Å². The number of primary amides is 1. The summed E-state index contributed by atoms with van der Waals surface area (Å²) in [5.74, 6) is 0.351. The number of nitrogens with one attached hydrogen (secondary N) is 1. The molecule has 1 aromatic heterocycles. The molecule has 1 atom stereocenters. The summed E-state index contributed by atoms with van der Waals surface area (Å²) in [5.41, 5.74) is 7.45. The highest BCUT2D eigenvalue weighted by Crippen LogP contribution is 2.36. The largest absolute Gasteiger partial charge is 0.441 e. The molecule has 9 heteroatoms. The van der Waals surface area contributed by atoms with Gasteiger partial charge in [-0.25, -0.2) is 19.0 Å². The maximum absolute atomic E-state index is 13.0. The molecule has 3 N–H and O–H groups in total. The topological polar surface area (TPSA) is 112 Å². The lowest BCUT2D eigenvalue weighted by atomic mass is 9.96. The van der Waals surface area contributed by atoms with Crippen molar-refractivity contribution in [2.45, 2.75) is 44.2 Å². The fraction of sp³-hybridized carbons (Fsp3) is 0.444. The summed E-state index contributed by atoms with van der Waals surface area (Å²) in [6, 6.07) is 17.0. The van der Waals surface area contributed by atoms with E-state index >= 15 is 0 Å². The van der Waals surface area contributed by atoms with Crippen molar-refractivity contribution in [3.05, 3.63) is 70.6 Å². The van der Waals surface area contributed by atoms with Gasteiger partial charge in [0.25, 0.3) is 0 Å². The van der Waals surface area contributed by atoms with Crippen molar-refractivity contribution in [1.29, 1.82) is 0 Å². The number of amides is 2. The molecule has 1 unspecified atom stereocenters. The van der Waals surface area contributed by atoms with E-state index < -0.39 is 6.09 Å². The number of rotatable bonds is 8. The third kappa shape index (κ3) is 5.31. The van der Waals surface area contributed by atoms with Crippen molar-refractivity contribution in [3.8, 4) is 0 Å². The first-order valence-electron chi connectivity index (χ1n) is 12.7. The predicted molar refractivity (Wildman–Crippen MR) is 137 cm³/mol. The number of fused-ring (bicyclic) bond motifs is 1. The minimum absolute atomic E-state index is 0.204. The van der Waals surface area contributed by atoms with Gasteiger partial charge in [0, 0.05) is 25.6 Å². The Bertz CT molecular complexity index is 1270. The first kappa shape index (κ1) is 24.1. The van der Waals surface area contributed by atoms with E-state index in [1.54, 1.807) is 4.57 Å². The summed E-state index contributed by atoms with van der Waals surface area (Å²) in [6.07, 6.45) is 3.40. The summed E-state index contributed by atoms with van der Waals surface area (Å²) in [6.45, 7) is 3.14. The average Bonchev–Trinajstić information content (AvgIpc) is 3.68. The zero-order valence-corrected chi connectivity index (χ0v) is 20.3. The number of para-hydroxylation sites is 2. The van der Waals surface area contributed by atoms with Gasteiger partial charge in [-0.2, -0.15) is 0 Å². The van der Waals surface area contributed by atoms with Gasteiger partial charge in [-0.3, -0.25) is 4.57 Å². The summed E-state index contributed by atoms with van der Waals surface area (Å²) >= 11 is 0. The molecule has 0 bridgehead atoms. The van der Waals surface area contributed by atoms with E-state index in [-0.39, 0.29) is 23.9 Å². The van der Waals surface area contributed by atoms with Crippen LogP contribution in [0.15, 0.2) is 59.4 Å². The van der Waals surface area contributed by atoms with Crippen LogP contribution in [0.3, 0.4) is 0 Å². The van der Waals surface area contributed by atoms with Crippen LogP contribution in [-0.2, 0) is 4.74 Å². The van der Waals surface area contributed by atoms with Gasteiger partial charge in [0.05, 0.1) is 11.0 Å². The molecule has 2 heterocycles. The highest BCUT2D eigenvalue weighted by Gasteiger charge is 2.30. The summed E-state index contributed by atoms with van der Waals surface area (Å²) in [7, 11) is 0. The van der Waals surface area contributed by atoms with E-state index in [1.807, 2.05) is 54.6 Å². The van der Waals surface area contributed by atoms with E-state index in [2.05, 4.69) is 10.2 Å². The van der Waals surface area contributed by atoms with Crippen LogP contribution < -0.4 is 16.7 Å². The number of imidazole rings is 1. The van der Waals surface area contributed by atoms with Crippen LogP contribution in [0, 0.1) is 5.92 Å². The SMILES string of the molecule is NC(=O)OC(CCN1CCC(CNC(=O)n2c(=O)n(C3CC3)c3ccccc32)CC1)c1ccccc1. The minimum Gasteiger partial charge on any atom is -0.441 e. The normalized spacial score (nSPS) is 17.7. The number of carbonyl (C=O) groups excluding carboxylic acids is 2. The maximum Gasteiger partial charge on any atom is 0.405 e. The maximum atomic E-state index is 13.0. The van der Waals surface area contributed by atoms with E-state index in [9.17, 15) is 14.4 Å². The summed E-state index contributed by atoms with van der Waals surface area (Å²) < 4.78 is 8.40. The molecule has 2 aliphatic rings. The molecular formula is C27H33N5O4. The number of aromatic nitrogens is 2. The van der Waals surface area contributed by atoms with E-state index in [1.165, 1.54) is 4.57 Å². The Morgan fingerprint density at radius 1 is 0.972 bits per heavy atom. The van der Waals surface area contributed by atoms with Gasteiger partial charge in [-0.05, 0) is 62.4 Å². The molecule has 1 aliphatic carbocycles. The van der Waals surface area contributed by atoms with Crippen LogP contribution in [0.1, 0.15) is 49.8 Å². The lowest BCUT2D eigenvalue weighted by Gasteiger charge is -2.32. The molecule has 1 saturated heterocycles. The highest BCUT2D eigenvalue weighted by molar-refractivity contribution is 5.89. The number of ether oxygens (including phenoxy) is 1. The van der Waals surface area contributed by atoms with E-state index in [0.29, 0.717) is 24.4 Å². The Morgan fingerprint density at radius 2 is 1.64 bits per heavy atom. The van der Waals surface area contributed by atoms with Crippen molar-refractivity contribution in [1.82, 2.24) is 19.4 Å². The molecule has 0 spiro atoms. The standard InChI is InChI=1S/C27H33N5O4/c28-25(33)36-24(20-6-2-1-3-7-20)14-17-30-15-12-19(13-16-30)18-29-26(34)32-23-9-5-4-8-22(23)31(27(32)35)21-10-11-21/h1-9,19,21,24H,10-18H2,(H2,28,33)(H,29,34). The van der Waals surface area contributed by atoms with Crippen molar-refractivity contribution in [2.75, 3.05) is 26.2 Å². The van der Waals surface area contributed by atoms with Crippen molar-refractivity contribution < 1.29 is 14.3 Å². The number of hydrogen-bond donors (Lipinski definition) is 2. The Morgan fingerprint density at radius 3 is 2.31 bits per heavy atom. The van der Waals surface area contributed by atoms with Gasteiger partial charge in [0.15, 0.2) is 0 Å². The minimum atomic E-state index is -0.766. The molecule has 3 aromatic rings. The Hall–Kier alpha value is -3.59. The van der Waals surface area contributed by atoms with E-state index in [0.717, 1.165) is 56.4 Å². The zero-order valence-electron chi connectivity index (χ0n) is 20.3. The molecule has 36 heavy (non-hydrogen) atoms. The fourth-order valence-electron chi connectivity index (χ4n) is 5.18. The first-order valence-corrected chi connectivity index (χ1v) is 12.7. The molecule has 1 aliphatic heterocycles. The van der Waals surface area contributed by atoms with Crippen molar-refractivity contribution >= 4 is 23.2 Å². The predicted octanol–water partition coefficient (Wildman–Crippen LogP) is 3.63. The lowest BCUT2D eigenvalue weighted by molar-refractivity contribution is 0.0860. The number of carbonyl (C=O) groups is 2. The van der Waals surface area contributed by atoms with Gasteiger partial charge >= 0.3 is 17.8 Å². The lowest BCUT2D eigenvalue weighted by Crippen LogP contribution is -2.42. The van der Waals surface area contributed by atoms with Crippen LogP contribution in [0.2, 0.25) is 0 Å². The second kappa shape index (κ2) is 10.6. The number of piperidine rings is 1. The highest BCUT2D eigenvalue weighted by atomic mass is 16.6. The summed E-state index contributed by atoms with van der Waals surface area (Å²) in [4.78, 5) is 39.8. The van der Waals surface area contributed by atoms with E-state index in [4.69, 9.17) is 10.5 Å². The number of likely N-dealkylation sites (tertiary alicyclic amines) is 1. The molecule has 5 rings (SSSR count). The number of benzene rings is 2. The number of hydrogen-bond acceptors (Lipinski definition) is 5. The van der Waals surface area contributed by atoms with Gasteiger partial charge in [-0.15, -0.1) is 0 Å². The van der Waals surface area contributed by atoms with Crippen molar-refractivity contribution in [3.63, 3.8) is 0 Å². The Labute approximate surface area is 209 Å².